The Bertz CT molecular complexity index is 1140. The molecule has 2 heterocycles. The largest absolute Gasteiger partial charge is 0.497 e. The first-order chi connectivity index (χ1) is 12.4. The summed E-state index contributed by atoms with van der Waals surface area (Å²) in [6, 6.07) is 5.12. The summed E-state index contributed by atoms with van der Waals surface area (Å²) in [5.41, 5.74) is 0.221. The van der Waals surface area contributed by atoms with Gasteiger partial charge in [-0.1, -0.05) is 0 Å². The second kappa shape index (κ2) is 6.84. The fourth-order valence-electron chi connectivity index (χ4n) is 2.41. The molecule has 1 aromatic carbocycles. The standard InChI is InChI=1S/C16H14N4O5S/c1-24-7-3-4-8-10(5-7)18-12(15(23)25-2)11(8)17-6-9-13(21)19-16(26)20-14(9)22/h3-6,18H,1-2H3,(H3,19,20,21,22,26). The summed E-state index contributed by atoms with van der Waals surface area (Å²) in [5, 5.41) is 10.5. The molecular formula is C16H14N4O5S. The Kier molecular flexibility index (Phi) is 4.59. The van der Waals surface area contributed by atoms with Gasteiger partial charge in [-0.2, -0.15) is 0 Å². The minimum Gasteiger partial charge on any atom is -0.497 e. The van der Waals surface area contributed by atoms with Gasteiger partial charge in [0, 0.05) is 17.7 Å². The van der Waals surface area contributed by atoms with Crippen LogP contribution in [0.1, 0.15) is 16.1 Å². The van der Waals surface area contributed by atoms with Crippen LogP contribution in [0.15, 0.2) is 28.0 Å². The van der Waals surface area contributed by atoms with Crippen molar-refractivity contribution >= 4 is 41.0 Å². The van der Waals surface area contributed by atoms with Crippen LogP contribution in [0.5, 0.6) is 11.6 Å². The third-order valence-electron chi connectivity index (χ3n) is 3.65. The van der Waals surface area contributed by atoms with Gasteiger partial charge < -0.3 is 24.5 Å². The Hall–Kier alpha value is -3.40. The predicted octanol–water partition coefficient (Wildman–Crippen LogP) is 2.17. The average molecular weight is 374 g/mol. The number of rotatable bonds is 4. The number of esters is 1. The molecule has 0 saturated carbocycles. The Labute approximate surface area is 151 Å². The smallest absolute Gasteiger partial charge is 0.356 e. The highest BCUT2D eigenvalue weighted by Gasteiger charge is 2.18. The van der Waals surface area contributed by atoms with Gasteiger partial charge in [0.25, 0.3) is 5.56 Å². The quantitative estimate of drug-likeness (QED) is 0.314. The van der Waals surface area contributed by atoms with Crippen LogP contribution in [0.3, 0.4) is 0 Å². The number of aromatic hydroxyl groups is 1. The van der Waals surface area contributed by atoms with Gasteiger partial charge in [-0.25, -0.2) is 4.79 Å². The minimum atomic E-state index is -0.627. The third-order valence-corrected chi connectivity index (χ3v) is 3.85. The number of H-pyrrole nitrogens is 3. The molecule has 3 rings (SSSR count). The van der Waals surface area contributed by atoms with Gasteiger partial charge >= 0.3 is 5.97 Å². The van der Waals surface area contributed by atoms with E-state index in [1.165, 1.54) is 14.2 Å². The topological polar surface area (TPSA) is 133 Å². The van der Waals surface area contributed by atoms with Crippen molar-refractivity contribution in [1.82, 2.24) is 15.0 Å². The lowest BCUT2D eigenvalue weighted by Gasteiger charge is -2.00. The van der Waals surface area contributed by atoms with E-state index in [1.807, 2.05) is 0 Å². The summed E-state index contributed by atoms with van der Waals surface area (Å²) in [5.74, 6) is -0.461. The van der Waals surface area contributed by atoms with Crippen LogP contribution in [0.4, 0.5) is 5.69 Å². The highest BCUT2D eigenvalue weighted by atomic mass is 32.1. The molecule has 9 nitrogen and oxygen atoms in total. The van der Waals surface area contributed by atoms with Crippen LogP contribution in [-0.2, 0) is 4.74 Å². The summed E-state index contributed by atoms with van der Waals surface area (Å²) in [7, 11) is 2.77. The van der Waals surface area contributed by atoms with E-state index in [4.69, 9.17) is 21.7 Å². The molecule has 26 heavy (non-hydrogen) atoms. The number of fused-ring (bicyclic) bond motifs is 1. The lowest BCUT2D eigenvalue weighted by molar-refractivity contribution is 0.0596. The van der Waals surface area contributed by atoms with Crippen LogP contribution >= 0.6 is 12.2 Å². The first kappa shape index (κ1) is 17.4. The molecule has 0 aliphatic rings. The minimum absolute atomic E-state index is 0.0147. The Balaban J connectivity index is 2.19. The number of aliphatic imine (C=N–C) groups is 1. The second-order valence-electron chi connectivity index (χ2n) is 5.18. The van der Waals surface area contributed by atoms with Crippen molar-refractivity contribution in [2.75, 3.05) is 14.2 Å². The third kappa shape index (κ3) is 3.09. The van der Waals surface area contributed by atoms with Gasteiger partial charge in [-0.3, -0.25) is 14.8 Å². The lowest BCUT2D eigenvalue weighted by atomic mass is 10.2. The number of hydrogen-bond donors (Lipinski definition) is 4. The van der Waals surface area contributed by atoms with Crippen molar-refractivity contribution in [3.63, 3.8) is 0 Å². The molecule has 0 radical (unpaired) electrons. The van der Waals surface area contributed by atoms with Crippen LogP contribution in [0.2, 0.25) is 0 Å². The predicted molar refractivity (Wildman–Crippen MR) is 97.4 cm³/mol. The number of benzene rings is 1. The van der Waals surface area contributed by atoms with Crippen LogP contribution < -0.4 is 10.3 Å². The molecule has 0 fully saturated rings. The van der Waals surface area contributed by atoms with Crippen LogP contribution in [-0.4, -0.2) is 46.5 Å². The Morgan fingerprint density at radius 2 is 2.04 bits per heavy atom. The summed E-state index contributed by atoms with van der Waals surface area (Å²) < 4.78 is 9.91. The molecule has 3 aromatic rings. The van der Waals surface area contributed by atoms with E-state index in [-0.39, 0.29) is 21.7 Å². The van der Waals surface area contributed by atoms with Gasteiger partial charge in [0.1, 0.15) is 17.0 Å². The van der Waals surface area contributed by atoms with Crippen molar-refractivity contribution in [3.05, 3.63) is 44.6 Å². The number of methoxy groups -OCH3 is 2. The van der Waals surface area contributed by atoms with Crippen molar-refractivity contribution < 1.29 is 19.4 Å². The molecule has 0 aliphatic carbocycles. The zero-order valence-corrected chi connectivity index (χ0v) is 14.6. The normalized spacial score (nSPS) is 11.2. The number of nitrogens with zero attached hydrogens (tertiary/aromatic N) is 1. The molecule has 0 spiro atoms. The zero-order valence-electron chi connectivity index (χ0n) is 13.7. The molecule has 0 atom stereocenters. The first-order valence-electron chi connectivity index (χ1n) is 7.32. The number of carbonyl (C=O) groups excluding carboxylic acids is 1. The van der Waals surface area contributed by atoms with Gasteiger partial charge in [-0.05, 0) is 24.4 Å². The molecule has 10 heteroatoms. The fourth-order valence-corrected chi connectivity index (χ4v) is 2.59. The number of ether oxygens (including phenoxy) is 2. The highest BCUT2D eigenvalue weighted by molar-refractivity contribution is 7.71. The van der Waals surface area contributed by atoms with Gasteiger partial charge in [0.15, 0.2) is 10.5 Å². The first-order valence-corrected chi connectivity index (χ1v) is 7.73. The molecule has 0 aliphatic heterocycles. The average Bonchev–Trinajstić information content (AvgIpc) is 2.97. The van der Waals surface area contributed by atoms with E-state index in [9.17, 15) is 14.7 Å². The zero-order chi connectivity index (χ0) is 18.8. The number of hydrogen-bond acceptors (Lipinski definition) is 7. The molecule has 0 unspecified atom stereocenters. The maximum Gasteiger partial charge on any atom is 0.356 e. The van der Waals surface area contributed by atoms with Gasteiger partial charge in [0.2, 0.25) is 5.88 Å². The van der Waals surface area contributed by atoms with Gasteiger partial charge in [-0.15, -0.1) is 0 Å². The van der Waals surface area contributed by atoms with Crippen molar-refractivity contribution in [2.45, 2.75) is 0 Å². The SMILES string of the molecule is COC(=O)c1[nH]c2cc(OC)ccc2c1N=Cc1c(O)[nH]c(=S)[nH]c1=O. The Morgan fingerprint density at radius 1 is 1.27 bits per heavy atom. The maximum absolute atomic E-state index is 12.1. The van der Waals surface area contributed by atoms with Crippen molar-refractivity contribution in [3.8, 4) is 11.6 Å². The van der Waals surface area contributed by atoms with E-state index in [2.05, 4.69) is 19.9 Å². The molecule has 2 aromatic heterocycles. The number of nitrogens with one attached hydrogen (secondary N) is 3. The molecular weight excluding hydrogens is 360 g/mol. The van der Waals surface area contributed by atoms with Crippen molar-refractivity contribution in [2.24, 2.45) is 4.99 Å². The van der Waals surface area contributed by atoms with E-state index in [0.717, 1.165) is 6.21 Å². The summed E-state index contributed by atoms with van der Waals surface area (Å²) in [6.07, 6.45) is 1.14. The van der Waals surface area contributed by atoms with Crippen molar-refractivity contribution in [1.29, 1.82) is 0 Å². The Morgan fingerprint density at radius 3 is 2.69 bits per heavy atom. The summed E-state index contributed by atoms with van der Waals surface area (Å²) in [6.45, 7) is 0. The lowest BCUT2D eigenvalue weighted by Crippen LogP contribution is -2.13. The highest BCUT2D eigenvalue weighted by Crippen LogP contribution is 2.33. The fraction of sp³-hybridized carbons (Fsp3) is 0.125. The molecule has 0 bridgehead atoms. The molecule has 134 valence electrons. The van der Waals surface area contributed by atoms with Crippen LogP contribution in [0, 0.1) is 4.77 Å². The van der Waals surface area contributed by atoms with Gasteiger partial charge in [0.05, 0.1) is 19.7 Å². The second-order valence-corrected chi connectivity index (χ2v) is 5.59. The monoisotopic (exact) mass is 374 g/mol. The van der Waals surface area contributed by atoms with E-state index < -0.39 is 17.4 Å². The summed E-state index contributed by atoms with van der Waals surface area (Å²) in [4.78, 5) is 35.9. The molecule has 4 N–H and O–H groups in total. The number of aromatic nitrogens is 3. The maximum atomic E-state index is 12.1. The summed E-state index contributed by atoms with van der Waals surface area (Å²) >= 11 is 4.77. The van der Waals surface area contributed by atoms with Crippen LogP contribution in [0.25, 0.3) is 10.9 Å². The van der Waals surface area contributed by atoms with E-state index >= 15 is 0 Å². The molecule has 0 amide bonds. The number of carbonyl (C=O) groups is 1. The molecule has 0 saturated heterocycles. The number of aromatic amines is 3. The van der Waals surface area contributed by atoms with E-state index in [0.29, 0.717) is 16.7 Å². The van der Waals surface area contributed by atoms with E-state index in [1.54, 1.807) is 18.2 Å².